The first kappa shape index (κ1) is 17.2. The molecule has 0 radical (unpaired) electrons. The smallest absolute Gasteiger partial charge is 0.261 e. The van der Waals surface area contributed by atoms with Crippen LogP contribution >= 0.6 is 61.4 Å². The summed E-state index contributed by atoms with van der Waals surface area (Å²) >= 11 is 21.2. The molecule has 0 bridgehead atoms. The molecule has 9 heteroatoms. The molecule has 2 aromatic rings. The lowest BCUT2D eigenvalue weighted by Crippen LogP contribution is -1.92. The Labute approximate surface area is 149 Å². The molecule has 0 atom stereocenters. The van der Waals surface area contributed by atoms with Crippen LogP contribution in [0.1, 0.15) is 0 Å². The number of hydrogen-bond acceptors (Lipinski definition) is 3. The van der Waals surface area contributed by atoms with E-state index in [-0.39, 0.29) is 21.4 Å². The van der Waals surface area contributed by atoms with Crippen LogP contribution in [0.3, 0.4) is 0 Å². The van der Waals surface area contributed by atoms with Crippen LogP contribution in [0.25, 0.3) is 0 Å². The first-order valence-corrected chi connectivity index (χ1v) is 9.48. The fraction of sp³-hybridized carbons (Fsp3) is 0. The topological polar surface area (TPSA) is 43.4 Å². The predicted octanol–water partition coefficient (Wildman–Crippen LogP) is 6.13. The van der Waals surface area contributed by atoms with Crippen molar-refractivity contribution in [1.82, 2.24) is 0 Å². The number of halogens is 5. The third-order valence-corrected chi connectivity index (χ3v) is 5.52. The van der Waals surface area contributed by atoms with Crippen LogP contribution < -0.4 is 4.74 Å². The van der Waals surface area contributed by atoms with Crippen LogP contribution in [0.15, 0.2) is 39.7 Å². The zero-order chi connectivity index (χ0) is 15.8. The summed E-state index contributed by atoms with van der Waals surface area (Å²) in [6.07, 6.45) is 0. The number of rotatable bonds is 3. The van der Waals surface area contributed by atoms with Gasteiger partial charge >= 0.3 is 0 Å². The molecule has 0 unspecified atom stereocenters. The number of hydrogen-bond donors (Lipinski definition) is 0. The zero-order valence-corrected chi connectivity index (χ0v) is 15.3. The van der Waals surface area contributed by atoms with E-state index in [9.17, 15) is 8.42 Å². The monoisotopic (exact) mass is 448 g/mol. The van der Waals surface area contributed by atoms with Crippen molar-refractivity contribution in [3.05, 3.63) is 49.9 Å². The highest BCUT2D eigenvalue weighted by molar-refractivity contribution is 9.10. The molecule has 0 aromatic heterocycles. The summed E-state index contributed by atoms with van der Waals surface area (Å²) in [5, 5.41) is 0.800. The first-order chi connectivity index (χ1) is 9.68. The van der Waals surface area contributed by atoms with Crippen molar-refractivity contribution < 1.29 is 13.2 Å². The summed E-state index contributed by atoms with van der Waals surface area (Å²) in [6, 6.07) is 6.93. The second-order valence-corrected chi connectivity index (χ2v) is 8.47. The standard InChI is InChI=1S/C12H5BrCl4O3S/c13-7-4-10(16)12(5-8(7)14)20-11-2-1-6(3-9(11)15)21(17,18)19/h1-5H. The van der Waals surface area contributed by atoms with E-state index in [0.29, 0.717) is 14.5 Å². The summed E-state index contributed by atoms with van der Waals surface area (Å²) in [5.74, 6) is 0.509. The fourth-order valence-electron chi connectivity index (χ4n) is 1.42. The Morgan fingerprint density at radius 2 is 1.52 bits per heavy atom. The minimum Gasteiger partial charge on any atom is -0.454 e. The molecule has 0 aliphatic heterocycles. The number of benzene rings is 2. The highest BCUT2D eigenvalue weighted by atomic mass is 79.9. The van der Waals surface area contributed by atoms with Crippen LogP contribution in [0.5, 0.6) is 11.5 Å². The Balaban J connectivity index is 2.39. The molecule has 0 fully saturated rings. The molecule has 0 heterocycles. The lowest BCUT2D eigenvalue weighted by molar-refractivity contribution is 0.482. The van der Waals surface area contributed by atoms with Gasteiger partial charge in [0.25, 0.3) is 9.05 Å². The van der Waals surface area contributed by atoms with Crippen molar-refractivity contribution >= 4 is 70.5 Å². The van der Waals surface area contributed by atoms with Gasteiger partial charge in [-0.2, -0.15) is 0 Å². The molecular weight excluding hydrogens is 446 g/mol. The molecule has 0 N–H and O–H groups in total. The van der Waals surface area contributed by atoms with Crippen LogP contribution in [0, 0.1) is 0 Å². The summed E-state index contributed by atoms with van der Waals surface area (Å²) < 4.78 is 28.6. The maximum Gasteiger partial charge on any atom is 0.261 e. The molecule has 0 aliphatic carbocycles. The number of ether oxygens (including phenoxy) is 1. The second-order valence-electron chi connectivity index (χ2n) is 3.83. The van der Waals surface area contributed by atoms with E-state index in [1.54, 1.807) is 6.07 Å². The maximum absolute atomic E-state index is 11.2. The Morgan fingerprint density at radius 1 is 0.905 bits per heavy atom. The SMILES string of the molecule is O=S(=O)(Cl)c1ccc(Oc2cc(Cl)c(Br)cc2Cl)c(Cl)c1. The molecule has 0 saturated carbocycles. The fourth-order valence-corrected chi connectivity index (χ4v) is 3.31. The third-order valence-electron chi connectivity index (χ3n) is 2.38. The van der Waals surface area contributed by atoms with Gasteiger partial charge in [-0.15, -0.1) is 0 Å². The normalized spacial score (nSPS) is 11.5. The van der Waals surface area contributed by atoms with E-state index in [1.165, 1.54) is 24.3 Å². The van der Waals surface area contributed by atoms with E-state index in [1.807, 2.05) is 0 Å². The molecule has 0 aliphatic rings. The second kappa shape index (κ2) is 6.52. The van der Waals surface area contributed by atoms with Crippen LogP contribution in [0.2, 0.25) is 15.1 Å². The van der Waals surface area contributed by atoms with Crippen molar-refractivity contribution in [3.63, 3.8) is 0 Å². The molecule has 112 valence electrons. The zero-order valence-electron chi connectivity index (χ0n) is 9.91. The van der Waals surface area contributed by atoms with Gasteiger partial charge in [0, 0.05) is 21.2 Å². The van der Waals surface area contributed by atoms with Gasteiger partial charge in [-0.25, -0.2) is 8.42 Å². The van der Waals surface area contributed by atoms with E-state index >= 15 is 0 Å². The molecule has 2 rings (SSSR count). The quantitative estimate of drug-likeness (QED) is 0.417. The van der Waals surface area contributed by atoms with Crippen molar-refractivity contribution in [2.75, 3.05) is 0 Å². The van der Waals surface area contributed by atoms with Gasteiger partial charge in [0.05, 0.1) is 20.0 Å². The van der Waals surface area contributed by atoms with Crippen LogP contribution in [-0.4, -0.2) is 8.42 Å². The van der Waals surface area contributed by atoms with Gasteiger partial charge in [-0.1, -0.05) is 34.8 Å². The predicted molar refractivity (Wildman–Crippen MR) is 88.7 cm³/mol. The van der Waals surface area contributed by atoms with Gasteiger partial charge in [-0.05, 0) is 40.2 Å². The molecule has 3 nitrogen and oxygen atoms in total. The maximum atomic E-state index is 11.2. The highest BCUT2D eigenvalue weighted by Gasteiger charge is 2.15. The van der Waals surface area contributed by atoms with Crippen molar-refractivity contribution in [2.24, 2.45) is 0 Å². The van der Waals surface area contributed by atoms with Crippen molar-refractivity contribution in [1.29, 1.82) is 0 Å². The average Bonchev–Trinajstić information content (AvgIpc) is 2.36. The first-order valence-electron chi connectivity index (χ1n) is 5.25. The minimum atomic E-state index is -3.86. The molecule has 2 aromatic carbocycles. The van der Waals surface area contributed by atoms with Gasteiger partial charge in [-0.3, -0.25) is 0 Å². The summed E-state index contributed by atoms with van der Waals surface area (Å²) in [7, 11) is 1.38. The molecule has 21 heavy (non-hydrogen) atoms. The Bertz CT molecular complexity index is 808. The van der Waals surface area contributed by atoms with Gasteiger partial charge < -0.3 is 4.74 Å². The molecule has 0 amide bonds. The molecular formula is C12H5BrCl4O3S. The van der Waals surface area contributed by atoms with Gasteiger partial charge in [0.15, 0.2) is 0 Å². The van der Waals surface area contributed by atoms with Crippen LogP contribution in [0.4, 0.5) is 0 Å². The van der Waals surface area contributed by atoms with Crippen LogP contribution in [-0.2, 0) is 9.05 Å². The van der Waals surface area contributed by atoms with E-state index < -0.39 is 9.05 Å². The van der Waals surface area contributed by atoms with E-state index in [2.05, 4.69) is 15.9 Å². The van der Waals surface area contributed by atoms with E-state index in [0.717, 1.165) is 0 Å². The van der Waals surface area contributed by atoms with Crippen molar-refractivity contribution in [3.8, 4) is 11.5 Å². The Hall–Kier alpha value is -0.170. The van der Waals surface area contributed by atoms with E-state index in [4.69, 9.17) is 50.2 Å². The lowest BCUT2D eigenvalue weighted by atomic mass is 10.3. The van der Waals surface area contributed by atoms with Gasteiger partial charge in [0.1, 0.15) is 11.5 Å². The highest BCUT2D eigenvalue weighted by Crippen LogP contribution is 2.39. The summed E-state index contributed by atoms with van der Waals surface area (Å²) in [6.45, 7) is 0. The molecule has 0 saturated heterocycles. The minimum absolute atomic E-state index is 0.0758. The summed E-state index contributed by atoms with van der Waals surface area (Å²) in [5.41, 5.74) is 0. The summed E-state index contributed by atoms with van der Waals surface area (Å²) in [4.78, 5) is -0.124. The third kappa shape index (κ3) is 4.18. The Kier molecular flexibility index (Phi) is 5.34. The lowest BCUT2D eigenvalue weighted by Gasteiger charge is -2.11. The Morgan fingerprint density at radius 3 is 2.10 bits per heavy atom. The van der Waals surface area contributed by atoms with Crippen molar-refractivity contribution in [2.45, 2.75) is 4.90 Å². The van der Waals surface area contributed by atoms with Gasteiger partial charge in [0.2, 0.25) is 0 Å². The largest absolute Gasteiger partial charge is 0.454 e. The molecule has 0 spiro atoms. The average molecular weight is 451 g/mol.